The van der Waals surface area contributed by atoms with E-state index in [4.69, 9.17) is 7.74 Å². The highest BCUT2D eigenvalue weighted by Gasteiger charge is 1.69. The zero-order valence-corrected chi connectivity index (χ0v) is 3.23. The van der Waals surface area contributed by atoms with Crippen molar-refractivity contribution in [2.75, 3.05) is 0 Å². The maximum atomic E-state index is 4.87. The average Bonchev–Trinajstić information content (AvgIpc) is 1.41. The molecule has 0 saturated carbocycles. The molecule has 0 aromatic carbocycles. The number of rotatable bonds is 2. The van der Waals surface area contributed by atoms with Crippen LogP contribution in [0.4, 0.5) is 0 Å². The highest BCUT2D eigenvalue weighted by Crippen LogP contribution is 1.35. The summed E-state index contributed by atoms with van der Waals surface area (Å²) in [7, 11) is 8.00. The van der Waals surface area contributed by atoms with Crippen molar-refractivity contribution in [3.63, 3.8) is 0 Å². The van der Waals surface area contributed by atoms with Gasteiger partial charge in [-0.05, 0) is 0 Å². The lowest BCUT2D eigenvalue weighted by Crippen LogP contribution is -2.20. The molecule has 4 heteroatoms. The summed E-state index contributed by atoms with van der Waals surface area (Å²) in [6, 6.07) is 0. The van der Waals surface area contributed by atoms with Crippen LogP contribution in [0.1, 0.15) is 0 Å². The number of hydrogen-bond acceptors (Lipinski definition) is 1. The number of nitrogens with one attached hydrogen (secondary N) is 1. The van der Waals surface area contributed by atoms with Crippen LogP contribution in [0.2, 0.25) is 6.82 Å². The Labute approximate surface area is 35.4 Å². The Morgan fingerprint density at radius 3 is 2.40 bits per heavy atom. The molecule has 0 aliphatic rings. The third kappa shape index (κ3) is 4.15. The molecule has 0 rings (SSSR count). The molecule has 1 N–H and O–H groups in total. The largest absolute Gasteiger partial charge is 0.414 e. The lowest BCUT2D eigenvalue weighted by molar-refractivity contribution is 1.61. The molecule has 0 aromatic rings. The standard InChI is InChI=1S/CH4B3N/c1-3-5-4-2/h5H,1H3. The molecule has 0 amide bonds. The lowest BCUT2D eigenvalue weighted by Gasteiger charge is -1.82. The van der Waals surface area contributed by atoms with Gasteiger partial charge in [-0.1, -0.05) is 6.82 Å². The Morgan fingerprint density at radius 1 is 1.80 bits per heavy atom. The van der Waals surface area contributed by atoms with Gasteiger partial charge in [0.15, 0.2) is 7.41 Å². The first-order valence-electron chi connectivity index (χ1n) is 1.49. The Kier molecular flexibility index (Phi) is 4.28. The highest BCUT2D eigenvalue weighted by molar-refractivity contribution is 6.90. The van der Waals surface area contributed by atoms with E-state index in [1.54, 1.807) is 7.41 Å². The minimum atomic E-state index is 1.38. The van der Waals surface area contributed by atoms with E-state index < -0.39 is 0 Å². The molecule has 4 radical (unpaired) electrons. The van der Waals surface area contributed by atoms with Crippen molar-refractivity contribution in [1.82, 2.24) is 5.14 Å². The maximum absolute atomic E-state index is 4.87. The lowest BCUT2D eigenvalue weighted by atomic mass is 9.64. The zero-order valence-electron chi connectivity index (χ0n) is 3.23. The Morgan fingerprint density at radius 2 is 2.40 bits per heavy atom. The summed E-state index contributed by atoms with van der Waals surface area (Å²) in [5, 5.41) is 2.64. The monoisotopic (exact) mass is 63.1 g/mol. The van der Waals surface area contributed by atoms with Gasteiger partial charge in [0, 0.05) is 7.74 Å². The van der Waals surface area contributed by atoms with E-state index in [-0.39, 0.29) is 0 Å². The quantitative estimate of drug-likeness (QED) is 0.403. The maximum Gasteiger partial charge on any atom is 0.188 e. The molecule has 0 heterocycles. The average molecular weight is 62.5 g/mol. The molecule has 0 spiro atoms. The van der Waals surface area contributed by atoms with E-state index in [0.29, 0.717) is 0 Å². The van der Waals surface area contributed by atoms with Gasteiger partial charge >= 0.3 is 0 Å². The van der Waals surface area contributed by atoms with Crippen molar-refractivity contribution >= 4 is 22.5 Å². The molecule has 0 aliphatic heterocycles. The van der Waals surface area contributed by atoms with Crippen molar-refractivity contribution in [1.29, 1.82) is 0 Å². The van der Waals surface area contributed by atoms with Gasteiger partial charge in [-0.3, -0.25) is 0 Å². The fraction of sp³-hybridized carbons (Fsp3) is 1.00. The molecule has 1 nitrogen and oxygen atoms in total. The summed E-state index contributed by atoms with van der Waals surface area (Å²) >= 11 is 0. The fourth-order valence-corrected chi connectivity index (χ4v) is 0.0962. The SMILES string of the molecule is [B][B]N[B]C. The van der Waals surface area contributed by atoms with Gasteiger partial charge in [-0.15, -0.1) is 0 Å². The van der Waals surface area contributed by atoms with E-state index >= 15 is 0 Å². The number of hydrogen-bond donors (Lipinski definition) is 1. The van der Waals surface area contributed by atoms with E-state index in [2.05, 4.69) is 5.14 Å². The van der Waals surface area contributed by atoms with Gasteiger partial charge in [-0.25, -0.2) is 0 Å². The molecule has 0 bridgehead atoms. The molecule has 5 heavy (non-hydrogen) atoms. The Balaban J connectivity index is 2.19. The first-order chi connectivity index (χ1) is 2.41. The highest BCUT2D eigenvalue weighted by atomic mass is 14.6. The molecular weight excluding hydrogens is 58.5 g/mol. The van der Waals surface area contributed by atoms with E-state index in [1.807, 2.05) is 6.82 Å². The predicted octanol–water partition coefficient (Wildman–Crippen LogP) is -1.05. The van der Waals surface area contributed by atoms with E-state index in [1.165, 1.54) is 7.31 Å². The molecule has 0 atom stereocenters. The Hall–Kier alpha value is 0.155. The van der Waals surface area contributed by atoms with Crippen LogP contribution in [0.15, 0.2) is 0 Å². The second-order valence-electron chi connectivity index (χ2n) is 0.622. The van der Waals surface area contributed by atoms with Gasteiger partial charge in [0.05, 0.1) is 0 Å². The van der Waals surface area contributed by atoms with Crippen LogP contribution in [0.3, 0.4) is 0 Å². The van der Waals surface area contributed by atoms with Gasteiger partial charge in [0.2, 0.25) is 0 Å². The molecule has 0 aromatic heterocycles. The first-order valence-corrected chi connectivity index (χ1v) is 1.49. The third-order valence-electron chi connectivity index (χ3n) is 0.263. The molecule has 0 saturated heterocycles. The van der Waals surface area contributed by atoms with Gasteiger partial charge in [0.25, 0.3) is 0 Å². The van der Waals surface area contributed by atoms with E-state index in [9.17, 15) is 0 Å². The summed E-state index contributed by atoms with van der Waals surface area (Å²) < 4.78 is 0. The summed E-state index contributed by atoms with van der Waals surface area (Å²) in [5.41, 5.74) is 0. The van der Waals surface area contributed by atoms with Crippen molar-refractivity contribution in [3.8, 4) is 0 Å². The second kappa shape index (κ2) is 4.15. The predicted molar refractivity (Wildman–Crippen MR) is 26.3 cm³/mol. The summed E-state index contributed by atoms with van der Waals surface area (Å²) in [5.74, 6) is 0. The van der Waals surface area contributed by atoms with Crippen LogP contribution < -0.4 is 5.14 Å². The van der Waals surface area contributed by atoms with Crippen LogP contribution in [0, 0.1) is 0 Å². The third-order valence-corrected chi connectivity index (χ3v) is 0.263. The molecular formula is CH4B3N. The van der Waals surface area contributed by atoms with Crippen molar-refractivity contribution in [3.05, 3.63) is 0 Å². The summed E-state index contributed by atoms with van der Waals surface area (Å²) in [6.45, 7) is 1.86. The fourth-order valence-electron chi connectivity index (χ4n) is 0.0962. The van der Waals surface area contributed by atoms with Crippen LogP contribution in [-0.4, -0.2) is 22.5 Å². The van der Waals surface area contributed by atoms with Gasteiger partial charge in [0.1, 0.15) is 7.31 Å². The minimum absolute atomic E-state index is 1.38. The summed E-state index contributed by atoms with van der Waals surface area (Å²) in [4.78, 5) is 0. The van der Waals surface area contributed by atoms with E-state index in [0.717, 1.165) is 0 Å². The zero-order chi connectivity index (χ0) is 4.12. The van der Waals surface area contributed by atoms with Crippen LogP contribution in [0.25, 0.3) is 0 Å². The first kappa shape index (κ1) is 5.15. The van der Waals surface area contributed by atoms with Gasteiger partial charge < -0.3 is 5.14 Å². The van der Waals surface area contributed by atoms with Crippen LogP contribution in [-0.2, 0) is 0 Å². The molecule has 0 unspecified atom stereocenters. The van der Waals surface area contributed by atoms with Crippen LogP contribution in [0.5, 0.6) is 0 Å². The molecule has 0 aliphatic carbocycles. The minimum Gasteiger partial charge on any atom is -0.414 e. The van der Waals surface area contributed by atoms with Crippen LogP contribution >= 0.6 is 0 Å². The smallest absolute Gasteiger partial charge is 0.188 e. The molecule has 22 valence electrons. The molecule has 0 fully saturated rings. The normalized spacial score (nSPS) is 6.60. The second-order valence-corrected chi connectivity index (χ2v) is 0.622. The topological polar surface area (TPSA) is 12.0 Å². The van der Waals surface area contributed by atoms with Crippen molar-refractivity contribution < 1.29 is 0 Å². The van der Waals surface area contributed by atoms with Crippen molar-refractivity contribution in [2.45, 2.75) is 6.82 Å². The van der Waals surface area contributed by atoms with Crippen molar-refractivity contribution in [2.24, 2.45) is 0 Å². The summed E-state index contributed by atoms with van der Waals surface area (Å²) in [6.07, 6.45) is 0. The van der Waals surface area contributed by atoms with Gasteiger partial charge in [-0.2, -0.15) is 0 Å². The Bertz CT molecular complexity index is 14.4.